The second-order valence-corrected chi connectivity index (χ2v) is 5.27. The van der Waals surface area contributed by atoms with Gasteiger partial charge in [0.25, 0.3) is 0 Å². The van der Waals surface area contributed by atoms with Crippen molar-refractivity contribution in [2.24, 2.45) is 5.92 Å². The molecule has 86 valence electrons. The van der Waals surface area contributed by atoms with E-state index in [1.54, 1.807) is 0 Å². The monoisotopic (exact) mass is 210 g/mol. The molecular formula is C12H22N2O. The maximum absolute atomic E-state index is 5.82. The Labute approximate surface area is 91.9 Å². The highest BCUT2D eigenvalue weighted by molar-refractivity contribution is 4.94. The third kappa shape index (κ3) is 2.35. The Kier molecular flexibility index (Phi) is 2.95. The Morgan fingerprint density at radius 1 is 1.20 bits per heavy atom. The Balaban J connectivity index is 1.44. The van der Waals surface area contributed by atoms with Crippen LogP contribution in [0.2, 0.25) is 0 Å². The van der Waals surface area contributed by atoms with E-state index in [1.807, 2.05) is 0 Å². The molecule has 0 aromatic heterocycles. The molecule has 3 aliphatic rings. The van der Waals surface area contributed by atoms with E-state index in [0.717, 1.165) is 19.1 Å². The average molecular weight is 210 g/mol. The molecule has 0 spiro atoms. The van der Waals surface area contributed by atoms with E-state index < -0.39 is 0 Å². The minimum atomic E-state index is 0.534. The van der Waals surface area contributed by atoms with Gasteiger partial charge in [-0.1, -0.05) is 0 Å². The summed E-state index contributed by atoms with van der Waals surface area (Å²) in [7, 11) is 0. The molecule has 3 nitrogen and oxygen atoms in total. The molecule has 2 saturated heterocycles. The summed E-state index contributed by atoms with van der Waals surface area (Å²) < 4.78 is 5.82. The molecule has 0 aromatic rings. The average Bonchev–Trinajstić information content (AvgIpc) is 2.81. The summed E-state index contributed by atoms with van der Waals surface area (Å²) in [4.78, 5) is 0. The van der Waals surface area contributed by atoms with Gasteiger partial charge in [-0.25, -0.2) is 0 Å². The molecule has 0 aromatic carbocycles. The Hall–Kier alpha value is -0.120. The van der Waals surface area contributed by atoms with Crippen LogP contribution in [-0.4, -0.2) is 37.9 Å². The van der Waals surface area contributed by atoms with E-state index in [0.29, 0.717) is 18.2 Å². The molecule has 15 heavy (non-hydrogen) atoms. The molecule has 0 bridgehead atoms. The van der Waals surface area contributed by atoms with Gasteiger partial charge in [-0.15, -0.1) is 0 Å². The van der Waals surface area contributed by atoms with Crippen molar-refractivity contribution in [2.45, 2.75) is 50.3 Å². The first-order valence-electron chi connectivity index (χ1n) is 6.52. The summed E-state index contributed by atoms with van der Waals surface area (Å²) in [6, 6.07) is 1.35. The van der Waals surface area contributed by atoms with Crippen LogP contribution in [0.1, 0.15) is 32.1 Å². The number of nitrogens with one attached hydrogen (secondary N) is 2. The van der Waals surface area contributed by atoms with E-state index in [9.17, 15) is 0 Å². The molecule has 3 fully saturated rings. The number of hydrogen-bond acceptors (Lipinski definition) is 3. The second kappa shape index (κ2) is 4.40. The Morgan fingerprint density at radius 3 is 2.87 bits per heavy atom. The molecule has 3 rings (SSSR count). The first kappa shape index (κ1) is 10.1. The Morgan fingerprint density at radius 2 is 2.13 bits per heavy atom. The molecular weight excluding hydrogens is 188 g/mol. The zero-order valence-electron chi connectivity index (χ0n) is 9.37. The minimum Gasteiger partial charge on any atom is -0.376 e. The van der Waals surface area contributed by atoms with Crippen LogP contribution in [0.15, 0.2) is 0 Å². The fourth-order valence-electron chi connectivity index (χ4n) is 2.94. The van der Waals surface area contributed by atoms with Crippen molar-refractivity contribution in [1.29, 1.82) is 0 Å². The van der Waals surface area contributed by atoms with E-state index >= 15 is 0 Å². The first-order valence-corrected chi connectivity index (χ1v) is 6.52. The van der Waals surface area contributed by atoms with E-state index in [-0.39, 0.29) is 0 Å². The highest BCUT2D eigenvalue weighted by atomic mass is 16.5. The van der Waals surface area contributed by atoms with Gasteiger partial charge in [0, 0.05) is 25.2 Å². The third-order valence-corrected chi connectivity index (χ3v) is 4.01. The van der Waals surface area contributed by atoms with Crippen molar-refractivity contribution in [3.8, 4) is 0 Å². The summed E-state index contributed by atoms with van der Waals surface area (Å²) in [5, 5.41) is 7.24. The van der Waals surface area contributed by atoms with Gasteiger partial charge in [-0.05, 0) is 44.6 Å². The van der Waals surface area contributed by atoms with Crippen LogP contribution in [0.3, 0.4) is 0 Å². The van der Waals surface area contributed by atoms with Crippen molar-refractivity contribution in [3.05, 3.63) is 0 Å². The molecule has 1 aliphatic carbocycles. The summed E-state index contributed by atoms with van der Waals surface area (Å²) in [6.07, 6.45) is 7.23. The van der Waals surface area contributed by atoms with Crippen molar-refractivity contribution in [3.63, 3.8) is 0 Å². The second-order valence-electron chi connectivity index (χ2n) is 5.27. The van der Waals surface area contributed by atoms with Crippen molar-refractivity contribution in [2.75, 3.05) is 19.7 Å². The number of hydrogen-bond donors (Lipinski definition) is 2. The predicted molar refractivity (Wildman–Crippen MR) is 59.9 cm³/mol. The number of ether oxygens (including phenoxy) is 1. The predicted octanol–water partition coefficient (Wildman–Crippen LogP) is 0.895. The topological polar surface area (TPSA) is 33.3 Å². The maximum atomic E-state index is 5.82. The lowest BCUT2D eigenvalue weighted by Gasteiger charge is -2.21. The largest absolute Gasteiger partial charge is 0.376 e. The fraction of sp³-hybridized carbons (Fsp3) is 1.00. The van der Waals surface area contributed by atoms with Gasteiger partial charge in [-0.2, -0.15) is 0 Å². The fourth-order valence-corrected chi connectivity index (χ4v) is 2.94. The van der Waals surface area contributed by atoms with Crippen LogP contribution in [-0.2, 0) is 4.74 Å². The third-order valence-electron chi connectivity index (χ3n) is 4.01. The molecule has 3 heteroatoms. The molecule has 2 aliphatic heterocycles. The molecule has 0 amide bonds. The lowest BCUT2D eigenvalue weighted by atomic mass is 10.1. The smallest absolute Gasteiger partial charge is 0.0756 e. The van der Waals surface area contributed by atoms with Crippen LogP contribution in [0.4, 0.5) is 0 Å². The van der Waals surface area contributed by atoms with Crippen LogP contribution >= 0.6 is 0 Å². The number of rotatable bonds is 4. The molecule has 2 N–H and O–H groups in total. The standard InChI is InChI=1S/C12H22N2O/c1-2-10(13-6-1)8-14-11-5-7-15-12(11)9-3-4-9/h9-14H,1-8H2. The van der Waals surface area contributed by atoms with Crippen molar-refractivity contribution in [1.82, 2.24) is 10.6 Å². The lowest BCUT2D eigenvalue weighted by Crippen LogP contribution is -2.43. The first-order chi connectivity index (χ1) is 7.43. The van der Waals surface area contributed by atoms with Gasteiger partial charge < -0.3 is 15.4 Å². The van der Waals surface area contributed by atoms with Crippen LogP contribution in [0.25, 0.3) is 0 Å². The van der Waals surface area contributed by atoms with Gasteiger partial charge >= 0.3 is 0 Å². The normalized spacial score (nSPS) is 41.2. The molecule has 1 saturated carbocycles. The van der Waals surface area contributed by atoms with Gasteiger partial charge in [-0.3, -0.25) is 0 Å². The zero-order valence-corrected chi connectivity index (χ0v) is 9.37. The van der Waals surface area contributed by atoms with E-state index in [1.165, 1.54) is 38.6 Å². The highest BCUT2D eigenvalue weighted by Crippen LogP contribution is 2.38. The minimum absolute atomic E-state index is 0.534. The van der Waals surface area contributed by atoms with Gasteiger partial charge in [0.2, 0.25) is 0 Å². The van der Waals surface area contributed by atoms with E-state index in [2.05, 4.69) is 10.6 Å². The van der Waals surface area contributed by atoms with Crippen molar-refractivity contribution >= 4 is 0 Å². The molecule has 2 heterocycles. The van der Waals surface area contributed by atoms with Gasteiger partial charge in [0.15, 0.2) is 0 Å². The van der Waals surface area contributed by atoms with Gasteiger partial charge in [0.05, 0.1) is 6.10 Å². The van der Waals surface area contributed by atoms with Crippen molar-refractivity contribution < 1.29 is 4.74 Å². The Bertz CT molecular complexity index is 212. The van der Waals surface area contributed by atoms with E-state index in [4.69, 9.17) is 4.74 Å². The SMILES string of the molecule is C1CNC(CNC2CCOC2C2CC2)C1. The molecule has 0 radical (unpaired) electrons. The molecule has 3 atom stereocenters. The maximum Gasteiger partial charge on any atom is 0.0756 e. The molecule has 3 unspecified atom stereocenters. The zero-order chi connectivity index (χ0) is 10.1. The summed E-state index contributed by atoms with van der Waals surface area (Å²) in [5.74, 6) is 0.876. The van der Waals surface area contributed by atoms with Gasteiger partial charge in [0.1, 0.15) is 0 Å². The lowest BCUT2D eigenvalue weighted by molar-refractivity contribution is 0.0808. The highest BCUT2D eigenvalue weighted by Gasteiger charge is 2.40. The van der Waals surface area contributed by atoms with Crippen LogP contribution < -0.4 is 10.6 Å². The van der Waals surface area contributed by atoms with Crippen LogP contribution in [0, 0.1) is 5.92 Å². The van der Waals surface area contributed by atoms with Crippen LogP contribution in [0.5, 0.6) is 0 Å². The quantitative estimate of drug-likeness (QED) is 0.723. The summed E-state index contributed by atoms with van der Waals surface area (Å²) >= 11 is 0. The summed E-state index contributed by atoms with van der Waals surface area (Å²) in [6.45, 7) is 3.31. The summed E-state index contributed by atoms with van der Waals surface area (Å²) in [5.41, 5.74) is 0.